The summed E-state index contributed by atoms with van der Waals surface area (Å²) in [5, 5.41) is 10.6. The molecule has 0 saturated carbocycles. The van der Waals surface area contributed by atoms with Crippen LogP contribution in [0.15, 0.2) is 64.2 Å². The van der Waals surface area contributed by atoms with Gasteiger partial charge in [0.1, 0.15) is 4.88 Å². The number of thiophene rings is 1. The highest BCUT2D eigenvalue weighted by Crippen LogP contribution is 2.41. The van der Waals surface area contributed by atoms with Crippen LogP contribution in [0.25, 0.3) is 26.9 Å². The quantitative estimate of drug-likeness (QED) is 0.245. The summed E-state index contributed by atoms with van der Waals surface area (Å²) in [6.07, 6.45) is 3.27. The summed E-state index contributed by atoms with van der Waals surface area (Å²) in [6.45, 7) is 0. The van der Waals surface area contributed by atoms with E-state index < -0.39 is 0 Å². The summed E-state index contributed by atoms with van der Waals surface area (Å²) < 4.78 is 6.74. The van der Waals surface area contributed by atoms with E-state index in [0.717, 1.165) is 20.5 Å². The van der Waals surface area contributed by atoms with Crippen molar-refractivity contribution in [3.63, 3.8) is 0 Å². The zero-order valence-electron chi connectivity index (χ0n) is 14.3. The van der Waals surface area contributed by atoms with Gasteiger partial charge in [0.2, 0.25) is 0 Å². The van der Waals surface area contributed by atoms with Crippen LogP contribution in [-0.2, 0) is 4.79 Å². The SMILES string of the molecule is O=C(/C=C/c1ccc(Cl)cc1)CSc1nnc(-c2sc3ccccc3c2Cl)o1. The second-order valence-electron chi connectivity index (χ2n) is 5.75. The molecule has 2 heterocycles. The van der Waals surface area contributed by atoms with Gasteiger partial charge >= 0.3 is 0 Å². The fourth-order valence-electron chi connectivity index (χ4n) is 2.46. The van der Waals surface area contributed by atoms with Crippen molar-refractivity contribution >= 4 is 68.2 Å². The van der Waals surface area contributed by atoms with Crippen LogP contribution in [0.4, 0.5) is 0 Å². The second kappa shape index (κ2) is 8.49. The van der Waals surface area contributed by atoms with Crippen molar-refractivity contribution in [2.24, 2.45) is 0 Å². The first kappa shape index (κ1) is 19.2. The van der Waals surface area contributed by atoms with Crippen molar-refractivity contribution in [3.8, 4) is 10.8 Å². The predicted octanol–water partition coefficient (Wildman–Crippen LogP) is 6.63. The minimum absolute atomic E-state index is 0.0559. The minimum Gasteiger partial charge on any atom is -0.410 e. The second-order valence-corrected chi connectivity index (χ2v) is 8.55. The van der Waals surface area contributed by atoms with E-state index in [1.54, 1.807) is 18.2 Å². The predicted molar refractivity (Wildman–Crippen MR) is 116 cm³/mol. The number of fused-ring (bicyclic) bond motifs is 1. The molecule has 0 unspecified atom stereocenters. The fourth-order valence-corrected chi connectivity index (χ4v) is 4.61. The molecular weight excluding hydrogens is 435 g/mol. The molecule has 4 aromatic rings. The van der Waals surface area contributed by atoms with Gasteiger partial charge < -0.3 is 4.42 Å². The molecular formula is C20H12Cl2N2O2S2. The number of hydrogen-bond donors (Lipinski definition) is 0. The van der Waals surface area contributed by atoms with Gasteiger partial charge in [-0.2, -0.15) is 0 Å². The molecule has 4 rings (SSSR count). The van der Waals surface area contributed by atoms with Crippen molar-refractivity contribution in [2.45, 2.75) is 5.22 Å². The molecule has 0 fully saturated rings. The molecule has 0 aliphatic heterocycles. The number of halogens is 2. The molecule has 0 amide bonds. The van der Waals surface area contributed by atoms with E-state index in [4.69, 9.17) is 27.6 Å². The first-order valence-corrected chi connectivity index (χ1v) is 10.8. The van der Waals surface area contributed by atoms with Crippen molar-refractivity contribution in [3.05, 3.63) is 70.2 Å². The maximum atomic E-state index is 12.1. The highest BCUT2D eigenvalue weighted by atomic mass is 35.5. The number of ketones is 1. The van der Waals surface area contributed by atoms with Gasteiger partial charge in [-0.15, -0.1) is 21.5 Å². The standard InChI is InChI=1S/C20H12Cl2N2O2S2/c21-13-8-5-12(6-9-13)7-10-14(25)11-27-20-24-23-19(26-20)18-17(22)15-3-1-2-4-16(15)28-18/h1-10H,11H2/b10-7+. The number of nitrogens with zero attached hydrogens (tertiary/aromatic N) is 2. The monoisotopic (exact) mass is 446 g/mol. The number of carbonyl (C=O) groups excluding carboxylic acids is 1. The van der Waals surface area contributed by atoms with Crippen molar-refractivity contribution in [1.82, 2.24) is 10.2 Å². The topological polar surface area (TPSA) is 56.0 Å². The lowest BCUT2D eigenvalue weighted by Crippen LogP contribution is -1.95. The maximum absolute atomic E-state index is 12.1. The van der Waals surface area contributed by atoms with E-state index in [2.05, 4.69) is 10.2 Å². The highest BCUT2D eigenvalue weighted by Gasteiger charge is 2.18. The van der Waals surface area contributed by atoms with Gasteiger partial charge in [-0.05, 0) is 29.8 Å². The number of allylic oxidation sites excluding steroid dienone is 1. The maximum Gasteiger partial charge on any atom is 0.277 e. The smallest absolute Gasteiger partial charge is 0.277 e. The lowest BCUT2D eigenvalue weighted by atomic mass is 10.2. The molecule has 28 heavy (non-hydrogen) atoms. The Bertz CT molecular complexity index is 1170. The van der Waals surface area contributed by atoms with E-state index in [0.29, 0.717) is 21.2 Å². The van der Waals surface area contributed by atoms with E-state index >= 15 is 0 Å². The zero-order chi connectivity index (χ0) is 19.5. The Hall–Kier alpha value is -2.12. The van der Waals surface area contributed by atoms with Gasteiger partial charge in [0.05, 0.1) is 10.8 Å². The third-order valence-corrected chi connectivity index (χ3v) is 6.56. The van der Waals surface area contributed by atoms with Crippen LogP contribution in [0.2, 0.25) is 10.0 Å². The number of benzene rings is 2. The Labute approximate surface area is 179 Å². The van der Waals surface area contributed by atoms with Gasteiger partial charge in [0, 0.05) is 15.1 Å². The Kier molecular flexibility index (Phi) is 5.82. The van der Waals surface area contributed by atoms with Crippen LogP contribution in [0.1, 0.15) is 5.56 Å². The van der Waals surface area contributed by atoms with Crippen LogP contribution in [-0.4, -0.2) is 21.7 Å². The molecule has 8 heteroatoms. The zero-order valence-corrected chi connectivity index (χ0v) is 17.4. The highest BCUT2D eigenvalue weighted by molar-refractivity contribution is 7.99. The largest absolute Gasteiger partial charge is 0.410 e. The first-order valence-electron chi connectivity index (χ1n) is 8.20. The summed E-state index contributed by atoms with van der Waals surface area (Å²) in [6, 6.07) is 15.1. The number of hydrogen-bond acceptors (Lipinski definition) is 6. The number of aromatic nitrogens is 2. The Morgan fingerprint density at radius 1 is 1.11 bits per heavy atom. The van der Waals surface area contributed by atoms with E-state index in [1.807, 2.05) is 36.4 Å². The van der Waals surface area contributed by atoms with Crippen LogP contribution in [0.5, 0.6) is 0 Å². The molecule has 0 aliphatic rings. The van der Waals surface area contributed by atoms with Gasteiger partial charge in [0.25, 0.3) is 11.1 Å². The van der Waals surface area contributed by atoms with Crippen LogP contribution >= 0.6 is 46.3 Å². The van der Waals surface area contributed by atoms with Gasteiger partial charge in [0.15, 0.2) is 5.78 Å². The third kappa shape index (κ3) is 4.31. The summed E-state index contributed by atoms with van der Waals surface area (Å²) in [5.74, 6) is 0.503. The Morgan fingerprint density at radius 2 is 1.89 bits per heavy atom. The summed E-state index contributed by atoms with van der Waals surface area (Å²) in [7, 11) is 0. The van der Waals surface area contributed by atoms with Gasteiger partial charge in [-0.3, -0.25) is 4.79 Å². The minimum atomic E-state index is -0.0559. The first-order chi connectivity index (χ1) is 13.6. The molecule has 2 aromatic heterocycles. The molecule has 0 aliphatic carbocycles. The molecule has 2 aromatic carbocycles. The molecule has 0 spiro atoms. The molecule has 0 saturated heterocycles. The molecule has 0 radical (unpaired) electrons. The van der Waals surface area contributed by atoms with Gasteiger partial charge in [-0.1, -0.05) is 71.4 Å². The Morgan fingerprint density at radius 3 is 2.68 bits per heavy atom. The average Bonchev–Trinajstić information content (AvgIpc) is 3.31. The van der Waals surface area contributed by atoms with Crippen LogP contribution < -0.4 is 0 Å². The number of carbonyl (C=O) groups is 1. The van der Waals surface area contributed by atoms with Crippen molar-refractivity contribution in [1.29, 1.82) is 0 Å². The molecule has 4 nitrogen and oxygen atoms in total. The van der Waals surface area contributed by atoms with Crippen molar-refractivity contribution in [2.75, 3.05) is 5.75 Å². The van der Waals surface area contributed by atoms with Crippen LogP contribution in [0.3, 0.4) is 0 Å². The summed E-state index contributed by atoms with van der Waals surface area (Å²) in [4.78, 5) is 12.8. The summed E-state index contributed by atoms with van der Waals surface area (Å²) in [5.41, 5.74) is 0.905. The third-order valence-electron chi connectivity index (χ3n) is 3.81. The number of thioether (sulfide) groups is 1. The fraction of sp³-hybridized carbons (Fsp3) is 0.0500. The van der Waals surface area contributed by atoms with Crippen molar-refractivity contribution < 1.29 is 9.21 Å². The molecule has 0 N–H and O–H groups in total. The molecule has 0 atom stereocenters. The number of rotatable bonds is 6. The van der Waals surface area contributed by atoms with Crippen LogP contribution in [0, 0.1) is 0 Å². The normalized spacial score (nSPS) is 11.5. The Balaban J connectivity index is 1.41. The lowest BCUT2D eigenvalue weighted by molar-refractivity contribution is -0.112. The molecule has 0 bridgehead atoms. The van der Waals surface area contributed by atoms with E-state index in [9.17, 15) is 4.79 Å². The summed E-state index contributed by atoms with van der Waals surface area (Å²) >= 11 is 15.0. The van der Waals surface area contributed by atoms with E-state index in [-0.39, 0.29) is 11.5 Å². The molecule has 140 valence electrons. The van der Waals surface area contributed by atoms with Gasteiger partial charge in [-0.25, -0.2) is 0 Å². The average molecular weight is 447 g/mol. The van der Waals surface area contributed by atoms with E-state index in [1.165, 1.54) is 29.2 Å². The lowest BCUT2D eigenvalue weighted by Gasteiger charge is -1.94.